The zero-order chi connectivity index (χ0) is 15.1. The second-order valence-corrected chi connectivity index (χ2v) is 5.21. The van der Waals surface area contributed by atoms with Crippen LogP contribution in [0.15, 0.2) is 18.2 Å². The van der Waals surface area contributed by atoms with Crippen molar-refractivity contribution in [2.24, 2.45) is 5.92 Å². The Balaban J connectivity index is 3.02. The monoisotopic (exact) mass is 281 g/mol. The Labute approximate surface area is 120 Å². The van der Waals surface area contributed by atoms with E-state index in [1.165, 1.54) is 18.2 Å². The van der Waals surface area contributed by atoms with Crippen LogP contribution in [0.3, 0.4) is 0 Å². The fourth-order valence-electron chi connectivity index (χ4n) is 2.45. The molecule has 1 aromatic carbocycles. The topological polar surface area (TPSA) is 52.3 Å². The van der Waals surface area contributed by atoms with Crippen molar-refractivity contribution in [2.45, 2.75) is 46.0 Å². The van der Waals surface area contributed by atoms with Gasteiger partial charge in [0.1, 0.15) is 5.82 Å². The fourth-order valence-corrected chi connectivity index (χ4v) is 2.45. The molecule has 0 aliphatic heterocycles. The van der Waals surface area contributed by atoms with Gasteiger partial charge in [-0.1, -0.05) is 26.7 Å². The molecule has 0 saturated heterocycles. The van der Waals surface area contributed by atoms with Crippen molar-refractivity contribution in [3.05, 3.63) is 29.6 Å². The Kier molecular flexibility index (Phi) is 6.49. The molecule has 2 unspecified atom stereocenters. The zero-order valence-corrected chi connectivity index (χ0v) is 12.5. The molecule has 0 aliphatic carbocycles. The van der Waals surface area contributed by atoms with Crippen LogP contribution in [0, 0.1) is 11.7 Å². The fraction of sp³-hybridized carbons (Fsp3) is 0.562. The number of anilines is 1. The van der Waals surface area contributed by atoms with Gasteiger partial charge >= 0.3 is 5.97 Å². The number of carbonyl (C=O) groups excluding carboxylic acids is 1. The highest BCUT2D eigenvalue weighted by Crippen LogP contribution is 2.31. The molecule has 0 heterocycles. The van der Waals surface area contributed by atoms with Crippen molar-refractivity contribution in [3.8, 4) is 0 Å². The molecule has 0 aliphatic rings. The molecule has 4 heteroatoms. The number of rotatable bonds is 7. The molecular formula is C16H24FNO2. The van der Waals surface area contributed by atoms with Crippen molar-refractivity contribution in [2.75, 3.05) is 12.3 Å². The summed E-state index contributed by atoms with van der Waals surface area (Å²) in [6.07, 6.45) is 2.70. The first-order valence-corrected chi connectivity index (χ1v) is 7.21. The summed E-state index contributed by atoms with van der Waals surface area (Å²) in [6.45, 7) is 6.27. The van der Waals surface area contributed by atoms with Crippen molar-refractivity contribution in [1.82, 2.24) is 0 Å². The number of nitrogen functional groups attached to an aromatic ring is 1. The molecule has 1 aromatic rings. The number of hydrogen-bond acceptors (Lipinski definition) is 3. The number of benzene rings is 1. The van der Waals surface area contributed by atoms with Crippen LogP contribution in [-0.4, -0.2) is 12.6 Å². The van der Waals surface area contributed by atoms with Gasteiger partial charge < -0.3 is 10.5 Å². The third kappa shape index (κ3) is 4.51. The van der Waals surface area contributed by atoms with Crippen LogP contribution in [0.25, 0.3) is 0 Å². The van der Waals surface area contributed by atoms with E-state index in [-0.39, 0.29) is 11.8 Å². The number of nitrogens with two attached hydrogens (primary N) is 1. The summed E-state index contributed by atoms with van der Waals surface area (Å²) in [5, 5.41) is 0. The van der Waals surface area contributed by atoms with Gasteiger partial charge in [-0.25, -0.2) is 4.39 Å². The summed E-state index contributed by atoms with van der Waals surface area (Å²) in [4.78, 5) is 12.1. The van der Waals surface area contributed by atoms with E-state index in [0.717, 1.165) is 12.8 Å². The van der Waals surface area contributed by atoms with Crippen molar-refractivity contribution >= 4 is 11.7 Å². The molecular weight excluding hydrogens is 257 g/mol. The second-order valence-electron chi connectivity index (χ2n) is 5.21. The lowest BCUT2D eigenvalue weighted by atomic mass is 9.87. The van der Waals surface area contributed by atoms with Crippen LogP contribution in [0.2, 0.25) is 0 Å². The minimum absolute atomic E-state index is 0.312. The average Bonchev–Trinajstić information content (AvgIpc) is 2.39. The minimum atomic E-state index is -0.493. The van der Waals surface area contributed by atoms with E-state index in [1.807, 2.05) is 0 Å². The molecule has 0 amide bonds. The smallest absolute Gasteiger partial charge is 0.313 e. The van der Waals surface area contributed by atoms with E-state index in [1.54, 1.807) is 6.92 Å². The highest BCUT2D eigenvalue weighted by atomic mass is 19.1. The van der Waals surface area contributed by atoms with Crippen LogP contribution in [0.5, 0.6) is 0 Å². The molecule has 0 saturated carbocycles. The Hall–Kier alpha value is -1.58. The number of carbonyl (C=O) groups is 1. The standard InChI is InChI=1S/C16H24FNO2/c1-4-6-11(3)9-14(16(19)20-5-2)13-10-12(17)7-8-15(13)18/h7-8,10-11,14H,4-6,9,18H2,1-3H3. The summed E-state index contributed by atoms with van der Waals surface area (Å²) in [5.74, 6) is -0.844. The number of esters is 1. The first kappa shape index (κ1) is 16.5. The third-order valence-corrected chi connectivity index (χ3v) is 3.41. The first-order valence-electron chi connectivity index (χ1n) is 7.21. The lowest BCUT2D eigenvalue weighted by Crippen LogP contribution is -2.20. The van der Waals surface area contributed by atoms with Crippen molar-refractivity contribution < 1.29 is 13.9 Å². The highest BCUT2D eigenvalue weighted by molar-refractivity contribution is 5.80. The third-order valence-electron chi connectivity index (χ3n) is 3.41. The van der Waals surface area contributed by atoms with Gasteiger partial charge in [0, 0.05) is 5.69 Å². The number of ether oxygens (including phenoxy) is 1. The molecule has 0 radical (unpaired) electrons. The maximum atomic E-state index is 13.4. The van der Waals surface area contributed by atoms with E-state index in [4.69, 9.17) is 10.5 Å². The van der Waals surface area contributed by atoms with Gasteiger partial charge in [-0.3, -0.25) is 4.79 Å². The van der Waals surface area contributed by atoms with Crippen molar-refractivity contribution in [3.63, 3.8) is 0 Å². The maximum absolute atomic E-state index is 13.4. The molecule has 20 heavy (non-hydrogen) atoms. The van der Waals surface area contributed by atoms with E-state index >= 15 is 0 Å². The lowest BCUT2D eigenvalue weighted by molar-refractivity contribution is -0.145. The minimum Gasteiger partial charge on any atom is -0.466 e. The first-order chi connectivity index (χ1) is 9.49. The quantitative estimate of drug-likeness (QED) is 0.609. The molecule has 1 rings (SSSR count). The summed E-state index contributed by atoms with van der Waals surface area (Å²) in [6, 6.07) is 4.15. The second kappa shape index (κ2) is 7.88. The molecule has 2 atom stereocenters. The highest BCUT2D eigenvalue weighted by Gasteiger charge is 2.26. The molecule has 2 N–H and O–H groups in total. The maximum Gasteiger partial charge on any atom is 0.313 e. The van der Waals surface area contributed by atoms with E-state index in [9.17, 15) is 9.18 Å². The predicted molar refractivity (Wildman–Crippen MR) is 78.9 cm³/mol. The molecule has 0 fully saturated rings. The summed E-state index contributed by atoms with van der Waals surface area (Å²) < 4.78 is 18.5. The van der Waals surface area contributed by atoms with E-state index in [0.29, 0.717) is 30.2 Å². The predicted octanol–water partition coefficient (Wildman–Crippen LogP) is 3.88. The van der Waals surface area contributed by atoms with Crippen LogP contribution in [-0.2, 0) is 9.53 Å². The normalized spacial score (nSPS) is 13.8. The van der Waals surface area contributed by atoms with Gasteiger partial charge in [0.05, 0.1) is 12.5 Å². The molecule has 3 nitrogen and oxygen atoms in total. The van der Waals surface area contributed by atoms with Gasteiger partial charge in [-0.05, 0) is 43.0 Å². The van der Waals surface area contributed by atoms with Gasteiger partial charge in [-0.15, -0.1) is 0 Å². The Bertz CT molecular complexity index is 448. The van der Waals surface area contributed by atoms with Gasteiger partial charge in [-0.2, -0.15) is 0 Å². The average molecular weight is 281 g/mol. The SMILES string of the molecule is CCCC(C)CC(C(=O)OCC)c1cc(F)ccc1N. The van der Waals surface area contributed by atoms with Crippen LogP contribution in [0.1, 0.15) is 51.5 Å². The molecule has 0 bridgehead atoms. The van der Waals surface area contributed by atoms with Gasteiger partial charge in [0.15, 0.2) is 0 Å². The van der Waals surface area contributed by atoms with Gasteiger partial charge in [0.25, 0.3) is 0 Å². The Morgan fingerprint density at radius 2 is 2.10 bits per heavy atom. The zero-order valence-electron chi connectivity index (χ0n) is 12.5. The number of hydrogen-bond donors (Lipinski definition) is 1. The van der Waals surface area contributed by atoms with Gasteiger partial charge in [0.2, 0.25) is 0 Å². The summed E-state index contributed by atoms with van der Waals surface area (Å²) >= 11 is 0. The molecule has 0 aromatic heterocycles. The van der Waals surface area contributed by atoms with Crippen molar-refractivity contribution in [1.29, 1.82) is 0 Å². The molecule has 112 valence electrons. The summed E-state index contributed by atoms with van der Waals surface area (Å²) in [5.41, 5.74) is 6.87. The largest absolute Gasteiger partial charge is 0.466 e. The van der Waals surface area contributed by atoms with E-state index in [2.05, 4.69) is 13.8 Å². The Morgan fingerprint density at radius 1 is 1.40 bits per heavy atom. The van der Waals surface area contributed by atoms with Crippen LogP contribution >= 0.6 is 0 Å². The Morgan fingerprint density at radius 3 is 2.70 bits per heavy atom. The lowest BCUT2D eigenvalue weighted by Gasteiger charge is -2.21. The number of halogens is 1. The van der Waals surface area contributed by atoms with E-state index < -0.39 is 5.92 Å². The molecule has 0 spiro atoms. The van der Waals surface area contributed by atoms with Crippen LogP contribution in [0.4, 0.5) is 10.1 Å². The summed E-state index contributed by atoms with van der Waals surface area (Å²) in [7, 11) is 0. The van der Waals surface area contributed by atoms with Crippen LogP contribution < -0.4 is 5.73 Å².